The van der Waals surface area contributed by atoms with Gasteiger partial charge in [0.1, 0.15) is 0 Å². The number of likely N-dealkylation sites (tertiary alicyclic amines) is 1. The van der Waals surface area contributed by atoms with Gasteiger partial charge in [-0.25, -0.2) is 0 Å². The van der Waals surface area contributed by atoms with Crippen LogP contribution in [0.15, 0.2) is 30.3 Å². The summed E-state index contributed by atoms with van der Waals surface area (Å²) >= 11 is 0. The number of fused-ring (bicyclic) bond motifs is 1. The molecule has 0 aromatic heterocycles. The van der Waals surface area contributed by atoms with Gasteiger partial charge in [-0.05, 0) is 25.3 Å². The maximum atomic E-state index is 2.68. The molecule has 1 heterocycles. The summed E-state index contributed by atoms with van der Waals surface area (Å²) in [5.41, 5.74) is 1.47. The van der Waals surface area contributed by atoms with E-state index in [1.165, 1.54) is 24.8 Å². The molecule has 3 rings (SSSR count). The molecule has 1 aliphatic heterocycles. The number of hydrogen-bond donors (Lipinski definition) is 0. The molecule has 2 aliphatic rings. The Kier molecular flexibility index (Phi) is 1.88. The standard InChI is InChI=1S/C13H17N/c1-10(11-6-3-2-4-7-11)14-12-8-5-9-13(12)14/h2-4,6-7,10,12-13H,5,8-9H2,1H3/t10-,12?,13?,14?/m1/s1. The second-order valence-electron chi connectivity index (χ2n) is 4.60. The molecule has 1 aromatic carbocycles. The summed E-state index contributed by atoms with van der Waals surface area (Å²) < 4.78 is 0. The van der Waals surface area contributed by atoms with Gasteiger partial charge in [0.15, 0.2) is 0 Å². The largest absolute Gasteiger partial charge is 0.288 e. The maximum Gasteiger partial charge on any atom is 0.0327 e. The van der Waals surface area contributed by atoms with Crippen molar-refractivity contribution in [3.8, 4) is 0 Å². The third kappa shape index (κ3) is 1.19. The van der Waals surface area contributed by atoms with Gasteiger partial charge in [0.05, 0.1) is 0 Å². The quantitative estimate of drug-likeness (QED) is 0.643. The van der Waals surface area contributed by atoms with Gasteiger partial charge in [-0.15, -0.1) is 0 Å². The first-order chi connectivity index (χ1) is 6.88. The van der Waals surface area contributed by atoms with Gasteiger partial charge in [-0.2, -0.15) is 0 Å². The van der Waals surface area contributed by atoms with Crippen LogP contribution in [0.4, 0.5) is 0 Å². The van der Waals surface area contributed by atoms with E-state index >= 15 is 0 Å². The zero-order valence-electron chi connectivity index (χ0n) is 8.69. The number of piperidine rings is 1. The van der Waals surface area contributed by atoms with E-state index in [-0.39, 0.29) is 0 Å². The molecule has 1 aromatic rings. The van der Waals surface area contributed by atoms with Crippen molar-refractivity contribution in [1.82, 2.24) is 4.90 Å². The van der Waals surface area contributed by atoms with E-state index in [2.05, 4.69) is 42.2 Å². The van der Waals surface area contributed by atoms with Gasteiger partial charge in [0.2, 0.25) is 0 Å². The lowest BCUT2D eigenvalue weighted by atomic mass is 10.1. The zero-order valence-corrected chi connectivity index (χ0v) is 8.69. The molecule has 2 unspecified atom stereocenters. The van der Waals surface area contributed by atoms with Gasteiger partial charge in [-0.1, -0.05) is 36.8 Å². The molecule has 1 saturated heterocycles. The number of benzene rings is 1. The third-order valence-electron chi connectivity index (χ3n) is 3.85. The Bertz CT molecular complexity index is 309. The Balaban J connectivity index is 1.75. The Labute approximate surface area is 85.7 Å². The molecule has 3 atom stereocenters. The first-order valence-electron chi connectivity index (χ1n) is 5.70. The molecule has 0 amide bonds. The molecule has 0 radical (unpaired) electrons. The van der Waals surface area contributed by atoms with Crippen molar-refractivity contribution in [3.05, 3.63) is 35.9 Å². The van der Waals surface area contributed by atoms with Crippen LogP contribution in [0, 0.1) is 0 Å². The van der Waals surface area contributed by atoms with Crippen molar-refractivity contribution in [2.24, 2.45) is 0 Å². The maximum absolute atomic E-state index is 2.68. The summed E-state index contributed by atoms with van der Waals surface area (Å²) in [7, 11) is 0. The smallest absolute Gasteiger partial charge is 0.0327 e. The van der Waals surface area contributed by atoms with Gasteiger partial charge >= 0.3 is 0 Å². The predicted molar refractivity (Wildman–Crippen MR) is 58.1 cm³/mol. The van der Waals surface area contributed by atoms with Crippen molar-refractivity contribution in [3.63, 3.8) is 0 Å². The summed E-state index contributed by atoms with van der Waals surface area (Å²) in [6, 6.07) is 13.4. The van der Waals surface area contributed by atoms with Crippen molar-refractivity contribution >= 4 is 0 Å². The summed E-state index contributed by atoms with van der Waals surface area (Å²) in [5, 5.41) is 0. The van der Waals surface area contributed by atoms with E-state index < -0.39 is 0 Å². The van der Waals surface area contributed by atoms with Crippen molar-refractivity contribution in [2.45, 2.75) is 44.3 Å². The van der Waals surface area contributed by atoms with E-state index in [4.69, 9.17) is 0 Å². The highest BCUT2D eigenvalue weighted by atomic mass is 15.4. The minimum atomic E-state index is 0.631. The fourth-order valence-electron chi connectivity index (χ4n) is 3.05. The average Bonchev–Trinajstić information content (AvgIpc) is 2.72. The van der Waals surface area contributed by atoms with Gasteiger partial charge < -0.3 is 0 Å². The Morgan fingerprint density at radius 2 is 1.79 bits per heavy atom. The highest BCUT2D eigenvalue weighted by molar-refractivity contribution is 5.22. The number of rotatable bonds is 2. The first kappa shape index (κ1) is 8.49. The molecule has 1 nitrogen and oxygen atoms in total. The second-order valence-corrected chi connectivity index (χ2v) is 4.60. The summed E-state index contributed by atoms with van der Waals surface area (Å²) in [6.07, 6.45) is 4.32. The van der Waals surface area contributed by atoms with Crippen LogP contribution in [0.2, 0.25) is 0 Å². The fraction of sp³-hybridized carbons (Fsp3) is 0.538. The van der Waals surface area contributed by atoms with Crippen LogP contribution in [-0.2, 0) is 0 Å². The molecule has 0 spiro atoms. The molecule has 1 aliphatic carbocycles. The van der Waals surface area contributed by atoms with Gasteiger partial charge in [-0.3, -0.25) is 4.90 Å². The van der Waals surface area contributed by atoms with Gasteiger partial charge in [0, 0.05) is 18.1 Å². The van der Waals surface area contributed by atoms with E-state index in [1.54, 1.807) is 0 Å². The molecular weight excluding hydrogens is 170 g/mol. The molecular formula is C13H17N. The molecule has 74 valence electrons. The fourth-order valence-corrected chi connectivity index (χ4v) is 3.05. The first-order valence-corrected chi connectivity index (χ1v) is 5.70. The lowest BCUT2D eigenvalue weighted by molar-refractivity contribution is 0.347. The van der Waals surface area contributed by atoms with E-state index in [0.29, 0.717) is 6.04 Å². The normalized spacial score (nSPS) is 36.5. The van der Waals surface area contributed by atoms with Crippen molar-refractivity contribution < 1.29 is 0 Å². The number of hydrogen-bond acceptors (Lipinski definition) is 1. The van der Waals surface area contributed by atoms with Crippen LogP contribution in [0.1, 0.15) is 37.8 Å². The average molecular weight is 187 g/mol. The summed E-state index contributed by atoms with van der Waals surface area (Å²) in [6.45, 7) is 2.34. The van der Waals surface area contributed by atoms with Crippen LogP contribution < -0.4 is 0 Å². The van der Waals surface area contributed by atoms with E-state index in [9.17, 15) is 0 Å². The van der Waals surface area contributed by atoms with Crippen molar-refractivity contribution in [2.75, 3.05) is 0 Å². The van der Waals surface area contributed by atoms with Crippen LogP contribution >= 0.6 is 0 Å². The number of nitrogens with zero attached hydrogens (tertiary/aromatic N) is 1. The minimum absolute atomic E-state index is 0.631. The van der Waals surface area contributed by atoms with Crippen LogP contribution in [-0.4, -0.2) is 17.0 Å². The topological polar surface area (TPSA) is 3.01 Å². The molecule has 2 fully saturated rings. The Morgan fingerprint density at radius 1 is 1.14 bits per heavy atom. The highest BCUT2D eigenvalue weighted by Crippen LogP contribution is 2.47. The van der Waals surface area contributed by atoms with E-state index in [0.717, 1.165) is 12.1 Å². The molecule has 1 saturated carbocycles. The van der Waals surface area contributed by atoms with Crippen LogP contribution in [0.25, 0.3) is 0 Å². The van der Waals surface area contributed by atoms with Crippen LogP contribution in [0.3, 0.4) is 0 Å². The van der Waals surface area contributed by atoms with Gasteiger partial charge in [0.25, 0.3) is 0 Å². The van der Waals surface area contributed by atoms with Crippen LogP contribution in [0.5, 0.6) is 0 Å². The Hall–Kier alpha value is -0.820. The molecule has 14 heavy (non-hydrogen) atoms. The molecule has 1 heteroatoms. The summed E-state index contributed by atoms with van der Waals surface area (Å²) in [4.78, 5) is 2.68. The van der Waals surface area contributed by atoms with E-state index in [1.807, 2.05) is 0 Å². The summed E-state index contributed by atoms with van der Waals surface area (Å²) in [5.74, 6) is 0. The highest BCUT2D eigenvalue weighted by Gasteiger charge is 2.52. The molecule has 0 N–H and O–H groups in total. The lowest BCUT2D eigenvalue weighted by Gasteiger charge is -2.16. The monoisotopic (exact) mass is 187 g/mol. The second kappa shape index (κ2) is 3.09. The minimum Gasteiger partial charge on any atom is -0.288 e. The zero-order chi connectivity index (χ0) is 9.54. The Morgan fingerprint density at radius 3 is 2.43 bits per heavy atom. The molecule has 0 bridgehead atoms. The predicted octanol–water partition coefficient (Wildman–Crippen LogP) is 2.98. The third-order valence-corrected chi connectivity index (χ3v) is 3.85. The lowest BCUT2D eigenvalue weighted by Crippen LogP contribution is -2.11. The SMILES string of the molecule is C[C@H](c1ccccc1)N1C2CCCC21. The van der Waals surface area contributed by atoms with Crippen molar-refractivity contribution in [1.29, 1.82) is 0 Å².